The van der Waals surface area contributed by atoms with E-state index in [2.05, 4.69) is 9.64 Å². The fourth-order valence-corrected chi connectivity index (χ4v) is 5.33. The fourth-order valence-electron chi connectivity index (χ4n) is 5.33. The molecule has 0 radical (unpaired) electrons. The van der Waals surface area contributed by atoms with Crippen molar-refractivity contribution in [3.05, 3.63) is 63.7 Å². The number of likely N-dealkylation sites (N-methyl/N-ethyl adjacent to an activating group) is 1. The number of ether oxygens (including phenoxy) is 1. The number of aromatic nitrogens is 1. The van der Waals surface area contributed by atoms with Gasteiger partial charge in [-0.3, -0.25) is 4.79 Å². The maximum absolute atomic E-state index is 16.1. The number of halogens is 5. The van der Waals surface area contributed by atoms with Crippen LogP contribution in [0.3, 0.4) is 0 Å². The van der Waals surface area contributed by atoms with Gasteiger partial charge in [-0.15, -0.1) is 0 Å². The molecule has 0 aliphatic carbocycles. The van der Waals surface area contributed by atoms with Gasteiger partial charge in [-0.05, 0) is 44.5 Å². The molecule has 7 nitrogen and oxygen atoms in total. The van der Waals surface area contributed by atoms with Gasteiger partial charge in [0.15, 0.2) is 23.2 Å². The molecule has 2 unspecified atom stereocenters. The predicted molar refractivity (Wildman–Crippen MR) is 119 cm³/mol. The average molecular weight is 509 g/mol. The third-order valence-corrected chi connectivity index (χ3v) is 6.95. The van der Waals surface area contributed by atoms with Crippen molar-refractivity contribution in [2.24, 2.45) is 5.92 Å². The zero-order chi connectivity index (χ0) is 25.9. The summed E-state index contributed by atoms with van der Waals surface area (Å²) in [7, 11) is 1.90. The van der Waals surface area contributed by atoms with Crippen molar-refractivity contribution >= 4 is 22.7 Å². The summed E-state index contributed by atoms with van der Waals surface area (Å²) in [5, 5.41) is 7.80. The van der Waals surface area contributed by atoms with Gasteiger partial charge in [0.05, 0.1) is 22.8 Å². The lowest BCUT2D eigenvalue weighted by molar-refractivity contribution is 0.144. The summed E-state index contributed by atoms with van der Waals surface area (Å²) in [6.07, 6.45) is 0.417. The van der Waals surface area contributed by atoms with E-state index in [0.29, 0.717) is 16.8 Å². The van der Waals surface area contributed by atoms with E-state index in [1.807, 2.05) is 7.05 Å². The second-order valence-electron chi connectivity index (χ2n) is 9.03. The molecule has 3 aromatic rings. The zero-order valence-corrected chi connectivity index (χ0v) is 18.9. The Hall–Kier alpha value is -3.67. The highest BCUT2D eigenvalue weighted by Gasteiger charge is 2.40. The molecule has 2 atom stereocenters. The molecule has 2 aliphatic rings. The van der Waals surface area contributed by atoms with Crippen LogP contribution in [0.5, 0.6) is 5.75 Å². The van der Waals surface area contributed by atoms with Crippen molar-refractivity contribution in [1.29, 1.82) is 0 Å². The average Bonchev–Trinajstić information content (AvgIpc) is 3.24. The SMILES string of the molecule is CN1CCCC2CN(c3c(F)c(F)c4c(=O)c(OC(=O)O)cn(-c5ccc(F)cc5F)c4c3F)CC21. The first-order valence-electron chi connectivity index (χ1n) is 11.2. The Morgan fingerprint density at radius 3 is 2.50 bits per heavy atom. The van der Waals surface area contributed by atoms with Gasteiger partial charge in [-0.1, -0.05) is 0 Å². The number of anilines is 1. The van der Waals surface area contributed by atoms with Crippen LogP contribution in [0, 0.1) is 35.0 Å². The summed E-state index contributed by atoms with van der Waals surface area (Å²) in [6, 6.07) is 2.18. The molecule has 36 heavy (non-hydrogen) atoms. The van der Waals surface area contributed by atoms with Crippen LogP contribution >= 0.6 is 0 Å². The quantitative estimate of drug-likeness (QED) is 0.323. The lowest BCUT2D eigenvalue weighted by Crippen LogP contribution is -2.42. The van der Waals surface area contributed by atoms with Gasteiger partial charge in [0, 0.05) is 25.2 Å². The number of fused-ring (bicyclic) bond motifs is 2. The molecule has 190 valence electrons. The Balaban J connectivity index is 1.80. The highest BCUT2D eigenvalue weighted by atomic mass is 19.2. The molecular weight excluding hydrogens is 489 g/mol. The smallest absolute Gasteiger partial charge is 0.449 e. The zero-order valence-electron chi connectivity index (χ0n) is 18.9. The Morgan fingerprint density at radius 2 is 1.83 bits per heavy atom. The van der Waals surface area contributed by atoms with Crippen LogP contribution in [-0.2, 0) is 0 Å². The molecule has 2 fully saturated rings. The Morgan fingerprint density at radius 1 is 1.08 bits per heavy atom. The maximum atomic E-state index is 16.1. The summed E-state index contributed by atoms with van der Waals surface area (Å²) >= 11 is 0. The van der Waals surface area contributed by atoms with Crippen molar-refractivity contribution in [1.82, 2.24) is 9.47 Å². The van der Waals surface area contributed by atoms with Crippen LogP contribution in [-0.4, -0.2) is 53.5 Å². The first-order valence-corrected chi connectivity index (χ1v) is 11.2. The van der Waals surface area contributed by atoms with Crippen molar-refractivity contribution in [2.75, 3.05) is 31.6 Å². The van der Waals surface area contributed by atoms with Crippen molar-refractivity contribution < 1.29 is 36.6 Å². The molecule has 0 saturated carbocycles. The van der Waals surface area contributed by atoms with Gasteiger partial charge >= 0.3 is 6.16 Å². The largest absolute Gasteiger partial charge is 0.511 e. The van der Waals surface area contributed by atoms with Crippen LogP contribution in [0.25, 0.3) is 16.6 Å². The van der Waals surface area contributed by atoms with E-state index in [9.17, 15) is 18.4 Å². The van der Waals surface area contributed by atoms with Crippen LogP contribution in [0.1, 0.15) is 12.8 Å². The molecule has 1 aromatic heterocycles. The summed E-state index contributed by atoms with van der Waals surface area (Å²) in [5.74, 6) is -7.82. The fraction of sp³-hybridized carbons (Fsp3) is 0.333. The molecular formula is C24H20F5N3O4. The minimum Gasteiger partial charge on any atom is -0.449 e. The number of nitrogens with zero attached hydrogens (tertiary/aromatic N) is 3. The first-order chi connectivity index (χ1) is 17.1. The Kier molecular flexibility index (Phi) is 5.86. The molecule has 5 rings (SSSR count). The molecule has 2 aromatic carbocycles. The highest BCUT2D eigenvalue weighted by Crippen LogP contribution is 2.39. The number of piperidine rings is 1. The topological polar surface area (TPSA) is 75.0 Å². The molecule has 0 spiro atoms. The number of rotatable bonds is 3. The van der Waals surface area contributed by atoms with Gasteiger partial charge in [0.1, 0.15) is 17.3 Å². The van der Waals surface area contributed by atoms with E-state index in [1.54, 1.807) is 0 Å². The number of hydrogen-bond donors (Lipinski definition) is 1. The normalized spacial score (nSPS) is 20.1. The lowest BCUT2D eigenvalue weighted by atomic mass is 9.93. The monoisotopic (exact) mass is 509 g/mol. The number of hydrogen-bond acceptors (Lipinski definition) is 5. The molecule has 2 saturated heterocycles. The summed E-state index contributed by atoms with van der Waals surface area (Å²) < 4.78 is 80.1. The van der Waals surface area contributed by atoms with E-state index in [-0.39, 0.29) is 25.0 Å². The number of likely N-dealkylation sites (tertiary alicyclic amines) is 1. The van der Waals surface area contributed by atoms with E-state index in [4.69, 9.17) is 5.11 Å². The second-order valence-corrected chi connectivity index (χ2v) is 9.03. The van der Waals surface area contributed by atoms with Gasteiger partial charge in [-0.25, -0.2) is 26.7 Å². The van der Waals surface area contributed by atoms with Crippen molar-refractivity contribution in [3.63, 3.8) is 0 Å². The van der Waals surface area contributed by atoms with Crippen LogP contribution in [0.15, 0.2) is 29.2 Å². The van der Waals surface area contributed by atoms with Crippen LogP contribution < -0.4 is 15.1 Å². The van der Waals surface area contributed by atoms with Crippen molar-refractivity contribution in [2.45, 2.75) is 18.9 Å². The summed E-state index contributed by atoms with van der Waals surface area (Å²) in [4.78, 5) is 27.3. The minimum absolute atomic E-state index is 0.0145. The molecule has 1 N–H and O–H groups in total. The van der Waals surface area contributed by atoms with Gasteiger partial charge < -0.3 is 24.2 Å². The van der Waals surface area contributed by atoms with E-state index >= 15 is 13.2 Å². The molecule has 0 bridgehead atoms. The molecule has 3 heterocycles. The number of pyridine rings is 1. The molecule has 2 aliphatic heterocycles. The van der Waals surface area contributed by atoms with Crippen LogP contribution in [0.2, 0.25) is 0 Å². The number of benzene rings is 2. The highest BCUT2D eigenvalue weighted by molar-refractivity contribution is 5.88. The summed E-state index contributed by atoms with van der Waals surface area (Å²) in [5.41, 5.74) is -3.53. The van der Waals surface area contributed by atoms with E-state index < -0.39 is 68.7 Å². The second kappa shape index (κ2) is 8.77. The molecule has 12 heteroatoms. The van der Waals surface area contributed by atoms with Gasteiger partial charge in [0.2, 0.25) is 5.43 Å². The van der Waals surface area contributed by atoms with Crippen LogP contribution in [0.4, 0.5) is 32.4 Å². The molecule has 0 amide bonds. The Bertz CT molecular complexity index is 1460. The minimum atomic E-state index is -1.96. The standard InChI is InChI=1S/C24H20F5N3O4/c1-30-6-2-3-11-8-31(9-15(11)30)22-19(28)18(27)17-21(20(22)29)32(10-16(23(17)33)36-24(34)35)14-5-4-12(25)7-13(14)26/h4-5,7,10-11,15H,2-3,6,8-9H2,1H3,(H,34,35). The van der Waals surface area contributed by atoms with E-state index in [0.717, 1.165) is 31.5 Å². The number of carbonyl (C=O) groups is 1. The first kappa shape index (κ1) is 24.0. The number of carboxylic acid groups (broad SMARTS) is 1. The van der Waals surface area contributed by atoms with Crippen molar-refractivity contribution in [3.8, 4) is 11.4 Å². The maximum Gasteiger partial charge on any atom is 0.511 e. The van der Waals surface area contributed by atoms with Gasteiger partial charge in [0.25, 0.3) is 0 Å². The third kappa shape index (κ3) is 3.76. The summed E-state index contributed by atoms with van der Waals surface area (Å²) in [6.45, 7) is 1.25. The Labute approximate surface area is 200 Å². The lowest BCUT2D eigenvalue weighted by Gasteiger charge is -2.33. The third-order valence-electron chi connectivity index (χ3n) is 6.95. The van der Waals surface area contributed by atoms with Gasteiger partial charge in [-0.2, -0.15) is 0 Å². The van der Waals surface area contributed by atoms with E-state index in [1.165, 1.54) is 4.90 Å². The predicted octanol–water partition coefficient (Wildman–Crippen LogP) is 4.27.